The number of carbonyl (C=O) groups is 1. The van der Waals surface area contributed by atoms with Crippen LogP contribution < -0.4 is 4.74 Å². The summed E-state index contributed by atoms with van der Waals surface area (Å²) in [5, 5.41) is 9.90. The van der Waals surface area contributed by atoms with Crippen molar-refractivity contribution in [3.63, 3.8) is 0 Å². The first kappa shape index (κ1) is 19.7. The molecule has 0 saturated heterocycles. The van der Waals surface area contributed by atoms with E-state index in [1.54, 1.807) is 7.11 Å². The van der Waals surface area contributed by atoms with Crippen LogP contribution in [0.1, 0.15) is 38.7 Å². The van der Waals surface area contributed by atoms with E-state index >= 15 is 0 Å². The van der Waals surface area contributed by atoms with E-state index in [9.17, 15) is 9.90 Å². The molecular weight excluding hydrogens is 318 g/mol. The van der Waals surface area contributed by atoms with Crippen LogP contribution in [0.3, 0.4) is 0 Å². The Morgan fingerprint density at radius 2 is 2.12 bits per heavy atom. The minimum Gasteiger partial charge on any atom is -0.492 e. The molecule has 1 saturated carbocycles. The average Bonchev–Trinajstić information content (AvgIpc) is 2.65. The van der Waals surface area contributed by atoms with Gasteiger partial charge in [0.1, 0.15) is 12.4 Å². The molecule has 1 amide bonds. The van der Waals surface area contributed by atoms with E-state index in [0.29, 0.717) is 32.5 Å². The molecule has 0 unspecified atom stereocenters. The normalized spacial score (nSPS) is 23.3. The highest BCUT2D eigenvalue weighted by Crippen LogP contribution is 2.28. The Hall–Kier alpha value is -1.59. The van der Waals surface area contributed by atoms with Crippen LogP contribution >= 0.6 is 0 Å². The van der Waals surface area contributed by atoms with Gasteiger partial charge >= 0.3 is 0 Å². The van der Waals surface area contributed by atoms with Crippen LogP contribution in [0.15, 0.2) is 24.3 Å². The van der Waals surface area contributed by atoms with Gasteiger partial charge in [0.05, 0.1) is 18.8 Å². The van der Waals surface area contributed by atoms with E-state index < -0.39 is 6.10 Å². The quantitative estimate of drug-likeness (QED) is 0.784. The van der Waals surface area contributed by atoms with Crippen LogP contribution in [0.2, 0.25) is 0 Å². The number of aliphatic hydroxyl groups excluding tert-OH is 1. The van der Waals surface area contributed by atoms with Gasteiger partial charge in [-0.2, -0.15) is 0 Å². The van der Waals surface area contributed by atoms with Gasteiger partial charge in [0.2, 0.25) is 5.91 Å². The number of rotatable bonds is 8. The van der Waals surface area contributed by atoms with E-state index in [4.69, 9.17) is 9.47 Å². The molecule has 1 aliphatic carbocycles. The lowest BCUT2D eigenvalue weighted by Crippen LogP contribution is -2.44. The summed E-state index contributed by atoms with van der Waals surface area (Å²) in [4.78, 5) is 14.6. The van der Waals surface area contributed by atoms with Crippen molar-refractivity contribution in [3.05, 3.63) is 29.8 Å². The number of methoxy groups -OCH3 is 1. The van der Waals surface area contributed by atoms with Crippen molar-refractivity contribution in [2.75, 3.05) is 26.8 Å². The zero-order valence-electron chi connectivity index (χ0n) is 15.6. The molecule has 5 nitrogen and oxygen atoms in total. The maximum Gasteiger partial charge on any atom is 0.225 e. The Bertz CT molecular complexity index is 548. The molecule has 2 rings (SSSR count). The molecule has 1 aliphatic rings. The standard InChI is InChI=1S/C20H31NO4/c1-4-15-7-6-8-17(13-15)25-12-11-21(5-2)20(23)16-9-10-18(22)19(14-16)24-3/h6-8,13,16,18-19,22H,4-5,9-12,14H2,1-3H3/t16-,18+,19-/m1/s1. The largest absolute Gasteiger partial charge is 0.492 e. The molecule has 25 heavy (non-hydrogen) atoms. The van der Waals surface area contributed by atoms with Crippen LogP contribution in [0.5, 0.6) is 5.75 Å². The summed E-state index contributed by atoms with van der Waals surface area (Å²) in [6.07, 6.45) is 2.20. The number of likely N-dealkylation sites (N-methyl/N-ethyl adjacent to an activating group) is 1. The van der Waals surface area contributed by atoms with Crippen LogP contribution in [0.4, 0.5) is 0 Å². The van der Waals surface area contributed by atoms with Crippen molar-refractivity contribution in [3.8, 4) is 5.75 Å². The second-order valence-corrected chi connectivity index (χ2v) is 6.62. The molecule has 0 heterocycles. The van der Waals surface area contributed by atoms with E-state index in [2.05, 4.69) is 13.0 Å². The molecule has 1 aromatic carbocycles. The molecule has 0 aromatic heterocycles. The average molecular weight is 349 g/mol. The van der Waals surface area contributed by atoms with Gasteiger partial charge in [-0.1, -0.05) is 19.1 Å². The first-order valence-electron chi connectivity index (χ1n) is 9.30. The van der Waals surface area contributed by atoms with Gasteiger partial charge in [-0.3, -0.25) is 4.79 Å². The monoisotopic (exact) mass is 349 g/mol. The van der Waals surface area contributed by atoms with E-state index in [-0.39, 0.29) is 17.9 Å². The van der Waals surface area contributed by atoms with Gasteiger partial charge in [-0.05, 0) is 50.3 Å². The molecule has 0 bridgehead atoms. The maximum atomic E-state index is 12.8. The molecule has 0 spiro atoms. The number of aryl methyl sites for hydroxylation is 1. The second kappa shape index (κ2) is 9.78. The van der Waals surface area contributed by atoms with Gasteiger partial charge in [0.25, 0.3) is 0 Å². The van der Waals surface area contributed by atoms with E-state index in [1.807, 2.05) is 30.0 Å². The number of benzene rings is 1. The molecule has 1 fully saturated rings. The van der Waals surface area contributed by atoms with Gasteiger partial charge in [-0.15, -0.1) is 0 Å². The van der Waals surface area contributed by atoms with Crippen molar-refractivity contribution < 1.29 is 19.4 Å². The summed E-state index contributed by atoms with van der Waals surface area (Å²) < 4.78 is 11.1. The predicted molar refractivity (Wildman–Crippen MR) is 97.7 cm³/mol. The van der Waals surface area contributed by atoms with Crippen LogP contribution in [-0.4, -0.2) is 54.9 Å². The first-order valence-corrected chi connectivity index (χ1v) is 9.30. The lowest BCUT2D eigenvalue weighted by molar-refractivity contribution is -0.141. The lowest BCUT2D eigenvalue weighted by Gasteiger charge is -2.34. The summed E-state index contributed by atoms with van der Waals surface area (Å²) in [7, 11) is 1.59. The van der Waals surface area contributed by atoms with E-state index in [0.717, 1.165) is 18.6 Å². The van der Waals surface area contributed by atoms with E-state index in [1.165, 1.54) is 5.56 Å². The number of carbonyl (C=O) groups excluding carboxylic acids is 1. The Morgan fingerprint density at radius 1 is 1.32 bits per heavy atom. The summed E-state index contributed by atoms with van der Waals surface area (Å²) in [5.41, 5.74) is 1.24. The summed E-state index contributed by atoms with van der Waals surface area (Å²) >= 11 is 0. The third kappa shape index (κ3) is 5.44. The molecule has 1 aromatic rings. The van der Waals surface area contributed by atoms with Crippen molar-refractivity contribution >= 4 is 5.91 Å². The number of ether oxygens (including phenoxy) is 2. The first-order chi connectivity index (χ1) is 12.1. The fourth-order valence-electron chi connectivity index (χ4n) is 3.40. The van der Waals surface area contributed by atoms with Crippen LogP contribution in [0, 0.1) is 5.92 Å². The molecule has 5 heteroatoms. The van der Waals surface area contributed by atoms with Crippen molar-refractivity contribution in [1.29, 1.82) is 0 Å². The molecule has 0 aliphatic heterocycles. The van der Waals surface area contributed by atoms with Crippen molar-refractivity contribution in [2.45, 2.75) is 51.7 Å². The molecular formula is C20H31NO4. The van der Waals surface area contributed by atoms with Gasteiger partial charge in [0, 0.05) is 19.6 Å². The Morgan fingerprint density at radius 3 is 2.80 bits per heavy atom. The SMILES string of the molecule is CCc1cccc(OCCN(CC)C(=O)[C@@H]2CC[C@H](O)[C@H](OC)C2)c1. The van der Waals surface area contributed by atoms with Crippen LogP contribution in [0.25, 0.3) is 0 Å². The fourth-order valence-corrected chi connectivity index (χ4v) is 3.40. The predicted octanol–water partition coefficient (Wildman–Crippen LogP) is 2.65. The third-order valence-corrected chi connectivity index (χ3v) is 5.04. The highest BCUT2D eigenvalue weighted by atomic mass is 16.5. The number of aliphatic hydroxyl groups is 1. The Kier molecular flexibility index (Phi) is 7.72. The van der Waals surface area contributed by atoms with Crippen LogP contribution in [-0.2, 0) is 16.0 Å². The zero-order chi connectivity index (χ0) is 18.2. The minimum atomic E-state index is -0.460. The minimum absolute atomic E-state index is 0.0725. The summed E-state index contributed by atoms with van der Waals surface area (Å²) in [6.45, 7) is 5.82. The summed E-state index contributed by atoms with van der Waals surface area (Å²) in [5.74, 6) is 0.919. The smallest absolute Gasteiger partial charge is 0.225 e. The topological polar surface area (TPSA) is 59.0 Å². The lowest BCUT2D eigenvalue weighted by atomic mass is 9.84. The van der Waals surface area contributed by atoms with Gasteiger partial charge in [0.15, 0.2) is 0 Å². The Balaban J connectivity index is 1.85. The maximum absolute atomic E-state index is 12.8. The van der Waals surface area contributed by atoms with Crippen molar-refractivity contribution in [2.24, 2.45) is 5.92 Å². The molecule has 1 N–H and O–H groups in total. The Labute approximate surface area is 150 Å². The second-order valence-electron chi connectivity index (χ2n) is 6.62. The third-order valence-electron chi connectivity index (χ3n) is 5.04. The van der Waals surface area contributed by atoms with Crippen molar-refractivity contribution in [1.82, 2.24) is 4.90 Å². The number of hydrogen-bond donors (Lipinski definition) is 1. The number of amides is 1. The summed E-state index contributed by atoms with van der Waals surface area (Å²) in [6, 6.07) is 8.07. The highest BCUT2D eigenvalue weighted by molar-refractivity contribution is 5.79. The molecule has 140 valence electrons. The van der Waals surface area contributed by atoms with Gasteiger partial charge < -0.3 is 19.5 Å². The fraction of sp³-hybridized carbons (Fsp3) is 0.650. The molecule has 0 radical (unpaired) electrons. The zero-order valence-corrected chi connectivity index (χ0v) is 15.6. The number of nitrogens with zero attached hydrogens (tertiary/aromatic N) is 1. The highest BCUT2D eigenvalue weighted by Gasteiger charge is 2.34. The number of hydrogen-bond acceptors (Lipinski definition) is 4. The molecule has 3 atom stereocenters. The van der Waals surface area contributed by atoms with Gasteiger partial charge in [-0.25, -0.2) is 0 Å².